The van der Waals surface area contributed by atoms with E-state index in [1.165, 1.54) is 0 Å². The van der Waals surface area contributed by atoms with Crippen LogP contribution < -0.4 is 0 Å². The average Bonchev–Trinajstić information content (AvgIpc) is 2.91. The van der Waals surface area contributed by atoms with E-state index in [0.29, 0.717) is 6.54 Å². The highest BCUT2D eigenvalue weighted by atomic mass is 16.3. The summed E-state index contributed by atoms with van der Waals surface area (Å²) in [5, 5.41) is 10.3. The minimum Gasteiger partial charge on any atom is -0.468 e. The van der Waals surface area contributed by atoms with Gasteiger partial charge in [-0.3, -0.25) is 4.90 Å². The predicted molar refractivity (Wildman–Crippen MR) is 71.0 cm³/mol. The molecule has 1 aromatic heterocycles. The topological polar surface area (TPSA) is 36.6 Å². The summed E-state index contributed by atoms with van der Waals surface area (Å²) in [6.45, 7) is 2.71. The van der Waals surface area contributed by atoms with Crippen LogP contribution in [0.4, 0.5) is 0 Å². The smallest absolute Gasteiger partial charge is 0.117 e. The molecule has 0 fully saturated rings. The highest BCUT2D eigenvalue weighted by Gasteiger charge is 2.20. The second-order valence-electron chi connectivity index (χ2n) is 4.59. The molecule has 3 heteroatoms. The summed E-state index contributed by atoms with van der Waals surface area (Å²) in [6.07, 6.45) is 1.17. The number of furan rings is 1. The van der Waals surface area contributed by atoms with Gasteiger partial charge in [-0.1, -0.05) is 30.3 Å². The van der Waals surface area contributed by atoms with Crippen LogP contribution in [0.5, 0.6) is 0 Å². The van der Waals surface area contributed by atoms with Crippen molar-refractivity contribution in [2.75, 3.05) is 7.05 Å². The molecule has 1 heterocycles. The summed E-state index contributed by atoms with van der Waals surface area (Å²) in [7, 11) is 1.99. The fraction of sp³-hybridized carbons (Fsp3) is 0.333. The van der Waals surface area contributed by atoms with Gasteiger partial charge >= 0.3 is 0 Å². The maximum absolute atomic E-state index is 10.3. The fourth-order valence-corrected chi connectivity index (χ4v) is 1.96. The minimum atomic E-state index is -0.494. The van der Waals surface area contributed by atoms with Gasteiger partial charge in [-0.05, 0) is 31.7 Å². The summed E-state index contributed by atoms with van der Waals surface area (Å²) < 4.78 is 5.32. The van der Waals surface area contributed by atoms with Crippen LogP contribution in [-0.2, 0) is 6.54 Å². The number of hydrogen-bond acceptors (Lipinski definition) is 3. The first kappa shape index (κ1) is 12.9. The Bertz CT molecular complexity index is 453. The number of aliphatic hydroxyl groups excluding tert-OH is 1. The van der Waals surface area contributed by atoms with E-state index in [1.807, 2.05) is 56.4 Å². The van der Waals surface area contributed by atoms with Gasteiger partial charge in [0.1, 0.15) is 5.76 Å². The number of hydrogen-bond donors (Lipinski definition) is 1. The summed E-state index contributed by atoms with van der Waals surface area (Å²) in [5.74, 6) is 0.907. The van der Waals surface area contributed by atoms with E-state index >= 15 is 0 Å². The lowest BCUT2D eigenvalue weighted by Crippen LogP contribution is -2.33. The van der Waals surface area contributed by atoms with Crippen LogP contribution in [0.15, 0.2) is 53.1 Å². The number of benzene rings is 1. The lowest BCUT2D eigenvalue weighted by molar-refractivity contribution is 0.0654. The van der Waals surface area contributed by atoms with E-state index in [1.54, 1.807) is 6.26 Å². The van der Waals surface area contributed by atoms with Crippen LogP contribution in [0, 0.1) is 0 Å². The molecule has 0 saturated heterocycles. The second kappa shape index (κ2) is 5.85. The van der Waals surface area contributed by atoms with Crippen molar-refractivity contribution >= 4 is 0 Å². The van der Waals surface area contributed by atoms with Crippen molar-refractivity contribution in [3.8, 4) is 0 Å². The van der Waals surface area contributed by atoms with E-state index in [4.69, 9.17) is 4.42 Å². The first-order valence-electron chi connectivity index (χ1n) is 6.14. The SMILES string of the molecule is C[C@@H]([C@H](O)c1ccccc1)N(C)Cc1ccco1. The summed E-state index contributed by atoms with van der Waals surface area (Å²) in [4.78, 5) is 2.08. The van der Waals surface area contributed by atoms with Crippen LogP contribution in [-0.4, -0.2) is 23.1 Å². The van der Waals surface area contributed by atoms with Gasteiger partial charge in [-0.2, -0.15) is 0 Å². The molecule has 2 atom stereocenters. The van der Waals surface area contributed by atoms with Crippen LogP contribution in [0.3, 0.4) is 0 Å². The Morgan fingerprint density at radius 3 is 2.50 bits per heavy atom. The van der Waals surface area contributed by atoms with Crippen molar-refractivity contribution in [3.05, 3.63) is 60.1 Å². The van der Waals surface area contributed by atoms with Crippen molar-refractivity contribution in [1.82, 2.24) is 4.90 Å². The molecule has 18 heavy (non-hydrogen) atoms. The second-order valence-corrected chi connectivity index (χ2v) is 4.59. The molecule has 0 bridgehead atoms. The summed E-state index contributed by atoms with van der Waals surface area (Å²) in [6, 6.07) is 13.6. The lowest BCUT2D eigenvalue weighted by atomic mass is 10.0. The van der Waals surface area contributed by atoms with E-state index in [-0.39, 0.29) is 6.04 Å². The molecule has 3 nitrogen and oxygen atoms in total. The van der Waals surface area contributed by atoms with Crippen molar-refractivity contribution in [1.29, 1.82) is 0 Å². The zero-order valence-corrected chi connectivity index (χ0v) is 10.8. The third kappa shape index (κ3) is 3.00. The van der Waals surface area contributed by atoms with Gasteiger partial charge in [-0.15, -0.1) is 0 Å². The molecule has 2 rings (SSSR count). The zero-order chi connectivity index (χ0) is 13.0. The predicted octanol–water partition coefficient (Wildman–Crippen LogP) is 2.83. The molecule has 0 amide bonds. The summed E-state index contributed by atoms with van der Waals surface area (Å²) in [5.41, 5.74) is 0.941. The maximum Gasteiger partial charge on any atom is 0.117 e. The highest BCUT2D eigenvalue weighted by Crippen LogP contribution is 2.21. The number of likely N-dealkylation sites (N-methyl/N-ethyl adjacent to an activating group) is 1. The van der Waals surface area contributed by atoms with Crippen molar-refractivity contribution < 1.29 is 9.52 Å². The Kier molecular flexibility index (Phi) is 4.18. The molecule has 0 aliphatic rings. The largest absolute Gasteiger partial charge is 0.468 e. The molecule has 0 unspecified atom stereocenters. The number of nitrogens with zero attached hydrogens (tertiary/aromatic N) is 1. The van der Waals surface area contributed by atoms with Gasteiger partial charge in [0.25, 0.3) is 0 Å². The molecule has 96 valence electrons. The Morgan fingerprint density at radius 2 is 1.89 bits per heavy atom. The third-order valence-corrected chi connectivity index (χ3v) is 3.28. The van der Waals surface area contributed by atoms with Crippen LogP contribution in [0.1, 0.15) is 24.4 Å². The van der Waals surface area contributed by atoms with E-state index < -0.39 is 6.10 Å². The summed E-state index contributed by atoms with van der Waals surface area (Å²) >= 11 is 0. The van der Waals surface area contributed by atoms with Crippen molar-refractivity contribution in [2.45, 2.75) is 25.6 Å². The van der Waals surface area contributed by atoms with Gasteiger partial charge < -0.3 is 9.52 Å². The first-order valence-corrected chi connectivity index (χ1v) is 6.14. The van der Waals surface area contributed by atoms with Crippen LogP contribution >= 0.6 is 0 Å². The molecular formula is C15H19NO2. The highest BCUT2D eigenvalue weighted by molar-refractivity contribution is 5.18. The van der Waals surface area contributed by atoms with Gasteiger partial charge in [0.2, 0.25) is 0 Å². The monoisotopic (exact) mass is 245 g/mol. The molecule has 0 spiro atoms. The Labute approximate surface area is 108 Å². The van der Waals surface area contributed by atoms with Gasteiger partial charge in [0.15, 0.2) is 0 Å². The minimum absolute atomic E-state index is 0.0255. The van der Waals surface area contributed by atoms with E-state index in [0.717, 1.165) is 11.3 Å². The molecule has 0 aliphatic heterocycles. The lowest BCUT2D eigenvalue weighted by Gasteiger charge is -2.28. The van der Waals surface area contributed by atoms with Crippen molar-refractivity contribution in [2.24, 2.45) is 0 Å². The molecule has 0 saturated carbocycles. The molecule has 1 aromatic carbocycles. The molecular weight excluding hydrogens is 226 g/mol. The van der Waals surface area contributed by atoms with E-state index in [2.05, 4.69) is 4.90 Å². The Morgan fingerprint density at radius 1 is 1.17 bits per heavy atom. The standard InChI is InChI=1S/C15H19NO2/c1-12(15(17)13-7-4-3-5-8-13)16(2)11-14-9-6-10-18-14/h3-10,12,15,17H,11H2,1-2H3/t12-,15-/m0/s1. The normalized spacial score (nSPS) is 14.7. The zero-order valence-electron chi connectivity index (χ0n) is 10.8. The van der Waals surface area contributed by atoms with Crippen molar-refractivity contribution in [3.63, 3.8) is 0 Å². The van der Waals surface area contributed by atoms with Crippen LogP contribution in [0.25, 0.3) is 0 Å². The maximum atomic E-state index is 10.3. The van der Waals surface area contributed by atoms with Crippen LogP contribution in [0.2, 0.25) is 0 Å². The molecule has 1 N–H and O–H groups in total. The Hall–Kier alpha value is -1.58. The quantitative estimate of drug-likeness (QED) is 0.880. The number of rotatable bonds is 5. The van der Waals surface area contributed by atoms with Gasteiger partial charge in [0, 0.05) is 6.04 Å². The molecule has 0 radical (unpaired) electrons. The Balaban J connectivity index is 2.00. The number of aliphatic hydroxyl groups is 1. The van der Waals surface area contributed by atoms with E-state index in [9.17, 15) is 5.11 Å². The molecule has 2 aromatic rings. The third-order valence-electron chi connectivity index (χ3n) is 3.28. The average molecular weight is 245 g/mol. The van der Waals surface area contributed by atoms with Gasteiger partial charge in [0.05, 0.1) is 18.9 Å². The first-order chi connectivity index (χ1) is 8.68. The fourth-order valence-electron chi connectivity index (χ4n) is 1.96. The molecule has 0 aliphatic carbocycles. The van der Waals surface area contributed by atoms with Gasteiger partial charge in [-0.25, -0.2) is 0 Å².